The van der Waals surface area contributed by atoms with Crippen LogP contribution in [-0.4, -0.2) is 15.0 Å². The van der Waals surface area contributed by atoms with E-state index in [2.05, 4.69) is 24.3 Å². The first-order valence-corrected chi connectivity index (χ1v) is 6.60. The van der Waals surface area contributed by atoms with Gasteiger partial charge in [-0.2, -0.15) is 5.10 Å². The fourth-order valence-corrected chi connectivity index (χ4v) is 2.34. The van der Waals surface area contributed by atoms with Crippen molar-refractivity contribution < 1.29 is 4.74 Å². The van der Waals surface area contributed by atoms with Gasteiger partial charge in [-0.15, -0.1) is 0 Å². The molecule has 1 atom stereocenters. The molecule has 0 spiro atoms. The van der Waals surface area contributed by atoms with Crippen molar-refractivity contribution in [3.8, 4) is 5.75 Å². The molecule has 0 radical (unpaired) electrons. The summed E-state index contributed by atoms with van der Waals surface area (Å²) >= 11 is 5.03. The van der Waals surface area contributed by atoms with Crippen LogP contribution in [-0.2, 0) is 6.54 Å². The van der Waals surface area contributed by atoms with E-state index in [4.69, 9.17) is 17.0 Å². The van der Waals surface area contributed by atoms with Crippen molar-refractivity contribution in [2.24, 2.45) is 5.92 Å². The minimum atomic E-state index is 0.134. The van der Waals surface area contributed by atoms with Gasteiger partial charge in [0.15, 0.2) is 5.75 Å². The lowest BCUT2D eigenvalue weighted by molar-refractivity contribution is 0.393. The maximum absolute atomic E-state index is 5.47. The molecule has 2 heterocycles. The summed E-state index contributed by atoms with van der Waals surface area (Å²) in [5.74, 6) is 1.47. The van der Waals surface area contributed by atoms with E-state index >= 15 is 0 Å². The summed E-state index contributed by atoms with van der Waals surface area (Å²) < 4.78 is 7.45. The van der Waals surface area contributed by atoms with Crippen molar-refractivity contribution in [1.29, 1.82) is 0 Å². The van der Waals surface area contributed by atoms with Gasteiger partial charge < -0.3 is 10.1 Å². The van der Waals surface area contributed by atoms with E-state index in [0.717, 1.165) is 18.0 Å². The summed E-state index contributed by atoms with van der Waals surface area (Å²) in [7, 11) is 0. The number of hydrogen-bond donors (Lipinski definition) is 1. The first kappa shape index (κ1) is 12.4. The molecule has 1 aromatic rings. The van der Waals surface area contributed by atoms with Crippen LogP contribution in [0.25, 0.3) is 0 Å². The molecule has 1 aromatic heterocycles. The van der Waals surface area contributed by atoms with Crippen molar-refractivity contribution in [1.82, 2.24) is 15.1 Å². The molecule has 0 saturated heterocycles. The second kappa shape index (κ2) is 5.04. The van der Waals surface area contributed by atoms with Crippen LogP contribution in [0.3, 0.4) is 0 Å². The Morgan fingerprint density at radius 1 is 1.53 bits per heavy atom. The zero-order chi connectivity index (χ0) is 12.4. The predicted octanol–water partition coefficient (Wildman–Crippen LogP) is 2.65. The molecule has 1 aliphatic heterocycles. The Kier molecular flexibility index (Phi) is 3.66. The van der Waals surface area contributed by atoms with Crippen LogP contribution in [0.1, 0.15) is 45.3 Å². The molecule has 17 heavy (non-hydrogen) atoms. The predicted molar refractivity (Wildman–Crippen MR) is 71.1 cm³/mol. The Hall–Kier alpha value is -1.10. The van der Waals surface area contributed by atoms with Gasteiger partial charge in [-0.05, 0) is 25.1 Å². The highest BCUT2D eigenvalue weighted by Crippen LogP contribution is 2.28. The van der Waals surface area contributed by atoms with Crippen molar-refractivity contribution in [2.45, 2.75) is 46.2 Å². The number of nitrogens with one attached hydrogen (secondary N) is 1. The van der Waals surface area contributed by atoms with Gasteiger partial charge in [0.1, 0.15) is 5.69 Å². The maximum atomic E-state index is 5.47. The van der Waals surface area contributed by atoms with E-state index in [1.807, 2.05) is 17.8 Å². The molecule has 4 nitrogen and oxygen atoms in total. The molecule has 0 aliphatic carbocycles. The Bertz CT molecular complexity index is 412. The third-order valence-corrected chi connectivity index (χ3v) is 3.50. The van der Waals surface area contributed by atoms with E-state index in [9.17, 15) is 0 Å². The summed E-state index contributed by atoms with van der Waals surface area (Å²) in [6.45, 7) is 7.42. The maximum Gasteiger partial charge on any atom is 0.262 e. The van der Waals surface area contributed by atoms with Gasteiger partial charge in [0, 0.05) is 6.54 Å². The molecule has 0 aromatic carbocycles. The van der Waals surface area contributed by atoms with Crippen molar-refractivity contribution in [3.05, 3.63) is 11.9 Å². The molecule has 0 saturated carbocycles. The highest BCUT2D eigenvalue weighted by Gasteiger charge is 2.24. The Morgan fingerprint density at radius 2 is 2.24 bits per heavy atom. The second-order valence-corrected chi connectivity index (χ2v) is 4.91. The highest BCUT2D eigenvalue weighted by molar-refractivity contribution is 7.80. The first-order chi connectivity index (χ1) is 8.13. The smallest absolute Gasteiger partial charge is 0.262 e. The van der Waals surface area contributed by atoms with Gasteiger partial charge in [0.25, 0.3) is 5.17 Å². The monoisotopic (exact) mass is 253 g/mol. The second-order valence-electron chi connectivity index (χ2n) is 4.54. The molecule has 0 fully saturated rings. The lowest BCUT2D eigenvalue weighted by Crippen LogP contribution is -2.33. The normalized spacial score (nSPS) is 18.8. The number of thiocarbonyl (C=S) groups is 1. The molecule has 0 amide bonds. The fraction of sp³-hybridized carbons (Fsp3) is 0.667. The largest absolute Gasteiger partial charge is 0.428 e. The van der Waals surface area contributed by atoms with Crippen LogP contribution < -0.4 is 10.1 Å². The SMILES string of the molecule is CCC(CC)Cn1cc2c(n1)C(C)NC(=S)O2. The quantitative estimate of drug-likeness (QED) is 0.837. The van der Waals surface area contributed by atoms with Gasteiger partial charge in [-0.3, -0.25) is 4.68 Å². The summed E-state index contributed by atoms with van der Waals surface area (Å²) in [5.41, 5.74) is 0.949. The van der Waals surface area contributed by atoms with Crippen LogP contribution in [0.2, 0.25) is 0 Å². The summed E-state index contributed by atoms with van der Waals surface area (Å²) in [5, 5.41) is 8.07. The van der Waals surface area contributed by atoms with Gasteiger partial charge in [-0.1, -0.05) is 26.7 Å². The van der Waals surface area contributed by atoms with Crippen LogP contribution in [0.5, 0.6) is 5.75 Å². The van der Waals surface area contributed by atoms with Crippen LogP contribution in [0, 0.1) is 5.92 Å². The number of hydrogen-bond acceptors (Lipinski definition) is 3. The first-order valence-electron chi connectivity index (χ1n) is 6.19. The topological polar surface area (TPSA) is 39.1 Å². The average Bonchev–Trinajstić information content (AvgIpc) is 2.68. The summed E-state index contributed by atoms with van der Waals surface area (Å²) in [6, 6.07) is 0.134. The minimum absolute atomic E-state index is 0.134. The molecule has 94 valence electrons. The number of rotatable bonds is 4. The van der Waals surface area contributed by atoms with Crippen LogP contribution >= 0.6 is 12.2 Å². The van der Waals surface area contributed by atoms with E-state index < -0.39 is 0 Å². The van der Waals surface area contributed by atoms with E-state index in [-0.39, 0.29) is 6.04 Å². The molecule has 0 bridgehead atoms. The van der Waals surface area contributed by atoms with E-state index in [1.165, 1.54) is 12.8 Å². The lowest BCUT2D eigenvalue weighted by Gasteiger charge is -2.20. The number of aromatic nitrogens is 2. The zero-order valence-electron chi connectivity index (χ0n) is 10.6. The molecule has 5 heteroatoms. The van der Waals surface area contributed by atoms with E-state index in [0.29, 0.717) is 11.1 Å². The summed E-state index contributed by atoms with van der Waals surface area (Å²) in [6.07, 6.45) is 4.31. The number of fused-ring (bicyclic) bond motifs is 1. The molecular formula is C12H19N3OS. The van der Waals surface area contributed by atoms with Gasteiger partial charge in [-0.25, -0.2) is 0 Å². The molecular weight excluding hydrogens is 234 g/mol. The zero-order valence-corrected chi connectivity index (χ0v) is 11.4. The molecule has 1 N–H and O–H groups in total. The van der Waals surface area contributed by atoms with Crippen LogP contribution in [0.4, 0.5) is 0 Å². The number of ether oxygens (including phenoxy) is 1. The third kappa shape index (κ3) is 2.60. The standard InChI is InChI=1S/C12H19N3OS/c1-4-9(5-2)6-15-7-10-11(14-15)8(3)13-12(17)16-10/h7-9H,4-6H2,1-3H3,(H,13,17). The Morgan fingerprint density at radius 3 is 2.88 bits per heavy atom. The molecule has 1 aliphatic rings. The highest BCUT2D eigenvalue weighted by atomic mass is 32.1. The van der Waals surface area contributed by atoms with Gasteiger partial charge in [0.2, 0.25) is 0 Å². The fourth-order valence-electron chi connectivity index (χ4n) is 2.08. The van der Waals surface area contributed by atoms with Gasteiger partial charge >= 0.3 is 0 Å². The van der Waals surface area contributed by atoms with Gasteiger partial charge in [0.05, 0.1) is 12.2 Å². The lowest BCUT2D eigenvalue weighted by atomic mass is 10.0. The Labute approximate surface area is 107 Å². The third-order valence-electron chi connectivity index (χ3n) is 3.30. The van der Waals surface area contributed by atoms with E-state index in [1.54, 1.807) is 0 Å². The van der Waals surface area contributed by atoms with Crippen molar-refractivity contribution in [2.75, 3.05) is 0 Å². The number of nitrogens with zero attached hydrogens (tertiary/aromatic N) is 2. The van der Waals surface area contributed by atoms with Crippen molar-refractivity contribution >= 4 is 17.4 Å². The summed E-state index contributed by atoms with van der Waals surface area (Å²) in [4.78, 5) is 0. The Balaban J connectivity index is 2.17. The average molecular weight is 253 g/mol. The molecule has 2 rings (SSSR count). The van der Waals surface area contributed by atoms with Crippen molar-refractivity contribution in [3.63, 3.8) is 0 Å². The molecule has 1 unspecified atom stereocenters. The minimum Gasteiger partial charge on any atom is -0.428 e. The van der Waals surface area contributed by atoms with Crippen LogP contribution in [0.15, 0.2) is 6.20 Å².